The molecule has 0 saturated carbocycles. The Balaban J connectivity index is 2.20. The predicted octanol–water partition coefficient (Wildman–Crippen LogP) is 5.01. The van der Waals surface area contributed by atoms with Gasteiger partial charge < -0.3 is 10.3 Å². The van der Waals surface area contributed by atoms with Crippen molar-refractivity contribution < 1.29 is 4.52 Å². The van der Waals surface area contributed by atoms with Gasteiger partial charge in [0.1, 0.15) is 0 Å². The van der Waals surface area contributed by atoms with Crippen LogP contribution in [-0.4, -0.2) is 5.16 Å². The van der Waals surface area contributed by atoms with Crippen molar-refractivity contribution in [2.75, 3.05) is 5.73 Å². The third kappa shape index (κ3) is 2.32. The molecule has 0 spiro atoms. The van der Waals surface area contributed by atoms with Crippen LogP contribution in [0.1, 0.15) is 0 Å². The molecule has 100 valence electrons. The molecule has 0 bridgehead atoms. The first kappa shape index (κ1) is 13.2. The summed E-state index contributed by atoms with van der Waals surface area (Å²) in [6, 6.07) is 15.2. The van der Waals surface area contributed by atoms with E-state index in [4.69, 9.17) is 21.9 Å². The highest BCUT2D eigenvalue weighted by atomic mass is 79.9. The van der Waals surface area contributed by atoms with Crippen molar-refractivity contribution in [2.45, 2.75) is 0 Å². The van der Waals surface area contributed by atoms with Crippen LogP contribution in [0.3, 0.4) is 0 Å². The van der Waals surface area contributed by atoms with Crippen LogP contribution < -0.4 is 5.73 Å². The van der Waals surface area contributed by atoms with E-state index in [1.165, 1.54) is 0 Å². The molecule has 3 rings (SSSR count). The summed E-state index contributed by atoms with van der Waals surface area (Å²) in [6.07, 6.45) is 0. The Hall–Kier alpha value is -1.78. The average molecular weight is 350 g/mol. The number of anilines is 1. The van der Waals surface area contributed by atoms with E-state index in [1.54, 1.807) is 0 Å². The number of nitrogens with two attached hydrogens (primary N) is 1. The van der Waals surface area contributed by atoms with Crippen LogP contribution in [-0.2, 0) is 0 Å². The Morgan fingerprint density at radius 3 is 2.45 bits per heavy atom. The lowest BCUT2D eigenvalue weighted by Crippen LogP contribution is -1.89. The van der Waals surface area contributed by atoms with E-state index in [9.17, 15) is 0 Å². The third-order valence-corrected chi connectivity index (χ3v) is 3.91. The monoisotopic (exact) mass is 348 g/mol. The van der Waals surface area contributed by atoms with E-state index >= 15 is 0 Å². The molecule has 5 heteroatoms. The highest BCUT2D eigenvalue weighted by molar-refractivity contribution is 9.10. The zero-order valence-corrected chi connectivity index (χ0v) is 12.6. The second kappa shape index (κ2) is 5.31. The highest BCUT2D eigenvalue weighted by Crippen LogP contribution is 2.39. The van der Waals surface area contributed by atoms with Gasteiger partial charge in [-0.25, -0.2) is 0 Å². The van der Waals surface area contributed by atoms with Crippen molar-refractivity contribution in [1.82, 2.24) is 5.16 Å². The minimum absolute atomic E-state index is 0.359. The molecule has 2 aromatic carbocycles. The fourth-order valence-corrected chi connectivity index (χ4v) is 2.62. The number of nitrogen functional groups attached to an aromatic ring is 1. The van der Waals surface area contributed by atoms with Gasteiger partial charge in [-0.15, -0.1) is 0 Å². The molecule has 2 N–H and O–H groups in total. The van der Waals surface area contributed by atoms with Crippen LogP contribution in [0.5, 0.6) is 0 Å². The second-order valence-corrected chi connectivity index (χ2v) is 5.55. The Kier molecular flexibility index (Phi) is 3.51. The van der Waals surface area contributed by atoms with E-state index in [-0.39, 0.29) is 0 Å². The molecule has 1 heterocycles. The SMILES string of the molecule is Nc1noc(-c2ccccc2Br)c1-c1ccc(Cl)cc1. The van der Waals surface area contributed by atoms with E-state index in [0.29, 0.717) is 16.6 Å². The van der Waals surface area contributed by atoms with Gasteiger partial charge >= 0.3 is 0 Å². The Morgan fingerprint density at radius 1 is 1.05 bits per heavy atom. The molecule has 1 aromatic heterocycles. The first-order chi connectivity index (χ1) is 9.66. The molecule has 3 nitrogen and oxygen atoms in total. The fraction of sp³-hybridized carbons (Fsp3) is 0. The summed E-state index contributed by atoms with van der Waals surface area (Å²) < 4.78 is 6.33. The number of hydrogen-bond acceptors (Lipinski definition) is 3. The van der Waals surface area contributed by atoms with E-state index in [1.807, 2.05) is 48.5 Å². The molecule has 0 aliphatic rings. The lowest BCUT2D eigenvalue weighted by Gasteiger charge is -2.04. The molecule has 0 aliphatic heterocycles. The summed E-state index contributed by atoms with van der Waals surface area (Å²) in [5.41, 5.74) is 8.54. The van der Waals surface area contributed by atoms with Crippen molar-refractivity contribution in [1.29, 1.82) is 0 Å². The third-order valence-electron chi connectivity index (χ3n) is 2.97. The van der Waals surface area contributed by atoms with Gasteiger partial charge in [0.2, 0.25) is 0 Å². The van der Waals surface area contributed by atoms with Gasteiger partial charge in [-0.05, 0) is 29.8 Å². The smallest absolute Gasteiger partial charge is 0.178 e. The van der Waals surface area contributed by atoms with Crippen LogP contribution in [0.4, 0.5) is 5.82 Å². The quantitative estimate of drug-likeness (QED) is 0.708. The number of benzene rings is 2. The topological polar surface area (TPSA) is 52.0 Å². The lowest BCUT2D eigenvalue weighted by molar-refractivity contribution is 0.436. The zero-order valence-electron chi connectivity index (χ0n) is 10.3. The molecule has 3 aromatic rings. The minimum atomic E-state index is 0.359. The fourth-order valence-electron chi connectivity index (χ4n) is 2.03. The van der Waals surface area contributed by atoms with Crippen LogP contribution >= 0.6 is 27.5 Å². The average Bonchev–Trinajstić information content (AvgIpc) is 2.82. The van der Waals surface area contributed by atoms with Crippen molar-refractivity contribution in [3.05, 3.63) is 58.0 Å². The number of nitrogens with zero attached hydrogens (tertiary/aromatic N) is 1. The van der Waals surface area contributed by atoms with Crippen molar-refractivity contribution in [3.8, 4) is 22.5 Å². The maximum Gasteiger partial charge on any atom is 0.178 e. The van der Waals surface area contributed by atoms with Gasteiger partial charge in [0, 0.05) is 15.1 Å². The van der Waals surface area contributed by atoms with Gasteiger partial charge in [-0.1, -0.05) is 57.0 Å². The summed E-state index contributed by atoms with van der Waals surface area (Å²) >= 11 is 9.43. The Morgan fingerprint density at radius 2 is 1.75 bits per heavy atom. The maximum atomic E-state index is 5.95. The second-order valence-electron chi connectivity index (χ2n) is 4.26. The molecule has 0 radical (unpaired) electrons. The van der Waals surface area contributed by atoms with Crippen LogP contribution in [0.15, 0.2) is 57.5 Å². The molecular formula is C15H10BrClN2O. The Bertz CT molecular complexity index is 753. The number of halogens is 2. The summed E-state index contributed by atoms with van der Waals surface area (Å²) in [6.45, 7) is 0. The van der Waals surface area contributed by atoms with Crippen molar-refractivity contribution >= 4 is 33.3 Å². The molecule has 0 atom stereocenters. The van der Waals surface area contributed by atoms with Gasteiger partial charge in [0.25, 0.3) is 0 Å². The minimum Gasteiger partial charge on any atom is -0.380 e. The lowest BCUT2D eigenvalue weighted by atomic mass is 10.0. The summed E-state index contributed by atoms with van der Waals surface area (Å²) in [5, 5.41) is 4.55. The van der Waals surface area contributed by atoms with Crippen LogP contribution in [0, 0.1) is 0 Å². The molecule has 0 amide bonds. The van der Waals surface area contributed by atoms with Gasteiger partial charge in [-0.2, -0.15) is 0 Å². The van der Waals surface area contributed by atoms with Crippen molar-refractivity contribution in [2.24, 2.45) is 0 Å². The maximum absolute atomic E-state index is 5.95. The normalized spacial score (nSPS) is 10.7. The van der Waals surface area contributed by atoms with Gasteiger partial charge in [-0.3, -0.25) is 0 Å². The molecule has 0 fully saturated rings. The predicted molar refractivity (Wildman–Crippen MR) is 84.5 cm³/mol. The molecule has 0 saturated heterocycles. The number of rotatable bonds is 2. The summed E-state index contributed by atoms with van der Waals surface area (Å²) in [5.74, 6) is 0.996. The largest absolute Gasteiger partial charge is 0.380 e. The van der Waals surface area contributed by atoms with E-state index in [2.05, 4.69) is 21.1 Å². The van der Waals surface area contributed by atoms with Gasteiger partial charge in [0.15, 0.2) is 11.6 Å². The molecule has 0 aliphatic carbocycles. The van der Waals surface area contributed by atoms with Crippen molar-refractivity contribution in [3.63, 3.8) is 0 Å². The van der Waals surface area contributed by atoms with Gasteiger partial charge in [0.05, 0.1) is 5.56 Å². The Labute approximate surface area is 129 Å². The zero-order chi connectivity index (χ0) is 14.1. The first-order valence-electron chi connectivity index (χ1n) is 5.93. The van der Waals surface area contributed by atoms with Crippen LogP contribution in [0.25, 0.3) is 22.5 Å². The highest BCUT2D eigenvalue weighted by Gasteiger charge is 2.19. The first-order valence-corrected chi connectivity index (χ1v) is 7.10. The summed E-state index contributed by atoms with van der Waals surface area (Å²) in [4.78, 5) is 0. The van der Waals surface area contributed by atoms with Crippen LogP contribution in [0.2, 0.25) is 5.02 Å². The molecule has 0 unspecified atom stereocenters. The van der Waals surface area contributed by atoms with E-state index < -0.39 is 0 Å². The standard InChI is InChI=1S/C15H10BrClN2O/c16-12-4-2-1-3-11(12)14-13(15(18)19-20-14)9-5-7-10(17)8-6-9/h1-8H,(H2,18,19). The van der Waals surface area contributed by atoms with E-state index in [0.717, 1.165) is 21.2 Å². The number of hydrogen-bond donors (Lipinski definition) is 1. The number of aromatic nitrogens is 1. The summed E-state index contributed by atoms with van der Waals surface area (Å²) in [7, 11) is 0. The molecular weight excluding hydrogens is 340 g/mol. The molecule has 20 heavy (non-hydrogen) atoms.